The van der Waals surface area contributed by atoms with Gasteiger partial charge in [0.05, 0.1) is 0 Å². The fourth-order valence-corrected chi connectivity index (χ4v) is 2.61. The molecule has 0 saturated carbocycles. The smallest absolute Gasteiger partial charge is 0.188 e. The monoisotopic (exact) mass is 229 g/mol. The van der Waals surface area contributed by atoms with Crippen molar-refractivity contribution in [3.8, 4) is 0 Å². The minimum absolute atomic E-state index is 0.359. The van der Waals surface area contributed by atoms with Crippen LogP contribution in [-0.2, 0) is 4.79 Å². The van der Waals surface area contributed by atoms with Crippen molar-refractivity contribution in [3.63, 3.8) is 0 Å². The number of carbonyl (C=O) groups is 1. The molecule has 1 rings (SSSR count). The zero-order chi connectivity index (χ0) is 11.3. The number of likely N-dealkylation sites (tertiary alicyclic amines) is 1. The molecule has 0 aromatic rings. The maximum absolute atomic E-state index is 11.3. The van der Waals surface area contributed by atoms with Crippen LogP contribution in [0, 0.1) is 11.8 Å². The Kier molecular flexibility index (Phi) is 5.69. The highest BCUT2D eigenvalue weighted by Crippen LogP contribution is 2.23. The van der Waals surface area contributed by atoms with E-state index in [1.165, 1.54) is 44.2 Å². The van der Waals surface area contributed by atoms with Crippen LogP contribution in [0.25, 0.3) is 0 Å². The lowest BCUT2D eigenvalue weighted by atomic mass is 9.93. The van der Waals surface area contributed by atoms with E-state index >= 15 is 0 Å². The van der Waals surface area contributed by atoms with Gasteiger partial charge in [-0.25, -0.2) is 0 Å². The highest BCUT2D eigenvalue weighted by Gasteiger charge is 2.21. The molecule has 0 radical (unpaired) electrons. The van der Waals surface area contributed by atoms with Crippen LogP contribution >= 0.6 is 11.8 Å². The number of piperidine rings is 1. The van der Waals surface area contributed by atoms with E-state index in [2.05, 4.69) is 18.7 Å². The predicted octanol–water partition coefficient (Wildman–Crippen LogP) is 2.63. The number of rotatable bonds is 4. The summed E-state index contributed by atoms with van der Waals surface area (Å²) in [6.07, 6.45) is 5.09. The third-order valence-electron chi connectivity index (χ3n) is 3.01. The first-order valence-electron chi connectivity index (χ1n) is 5.91. The molecule has 1 fully saturated rings. The van der Waals surface area contributed by atoms with E-state index in [0.717, 1.165) is 12.3 Å². The Morgan fingerprint density at radius 1 is 1.40 bits per heavy atom. The van der Waals surface area contributed by atoms with Crippen molar-refractivity contribution in [2.75, 3.05) is 25.9 Å². The van der Waals surface area contributed by atoms with Crippen LogP contribution in [-0.4, -0.2) is 35.9 Å². The van der Waals surface area contributed by atoms with Crippen molar-refractivity contribution in [1.29, 1.82) is 0 Å². The zero-order valence-electron chi connectivity index (χ0n) is 10.2. The average Bonchev–Trinajstić information content (AvgIpc) is 2.20. The lowest BCUT2D eigenvalue weighted by molar-refractivity contribution is -0.112. The molecular weight excluding hydrogens is 206 g/mol. The maximum atomic E-state index is 11.3. The summed E-state index contributed by atoms with van der Waals surface area (Å²) < 4.78 is 0. The number of carbonyl (C=O) groups excluding carboxylic acids is 1. The molecule has 88 valence electrons. The second-order valence-electron chi connectivity index (χ2n) is 4.92. The van der Waals surface area contributed by atoms with Crippen LogP contribution < -0.4 is 0 Å². The first-order valence-corrected chi connectivity index (χ1v) is 7.13. The molecule has 0 unspecified atom stereocenters. The normalized spacial score (nSPS) is 19.7. The Bertz CT molecular complexity index is 198. The van der Waals surface area contributed by atoms with Crippen LogP contribution in [0.5, 0.6) is 0 Å². The molecule has 3 heteroatoms. The molecule has 0 spiro atoms. The van der Waals surface area contributed by atoms with E-state index in [4.69, 9.17) is 0 Å². The molecule has 0 amide bonds. The van der Waals surface area contributed by atoms with Crippen molar-refractivity contribution >= 4 is 16.9 Å². The van der Waals surface area contributed by atoms with Gasteiger partial charge in [0.2, 0.25) is 0 Å². The molecule has 0 aliphatic carbocycles. The van der Waals surface area contributed by atoms with Gasteiger partial charge in [-0.2, -0.15) is 0 Å². The van der Waals surface area contributed by atoms with Crippen molar-refractivity contribution in [2.24, 2.45) is 11.8 Å². The summed E-state index contributed by atoms with van der Waals surface area (Å²) in [6, 6.07) is 0. The first-order chi connectivity index (χ1) is 7.11. The second kappa shape index (κ2) is 6.54. The molecule has 15 heavy (non-hydrogen) atoms. The largest absolute Gasteiger partial charge is 0.303 e. The maximum Gasteiger partial charge on any atom is 0.188 e. The summed E-state index contributed by atoms with van der Waals surface area (Å²) in [6.45, 7) is 8.12. The van der Waals surface area contributed by atoms with E-state index in [1.807, 2.05) is 6.26 Å². The minimum atomic E-state index is 0.359. The number of hydrogen-bond acceptors (Lipinski definition) is 3. The quantitative estimate of drug-likeness (QED) is 0.739. The molecule has 0 N–H and O–H groups in total. The topological polar surface area (TPSA) is 20.3 Å². The molecule has 0 aromatic heterocycles. The standard InChI is InChI=1S/C12H23NOS/c1-10(2)9-13-6-4-11(5-7-13)8-12(14)15-3/h10-11H,4-9H2,1-3H3. The van der Waals surface area contributed by atoms with Crippen molar-refractivity contribution in [3.05, 3.63) is 0 Å². The van der Waals surface area contributed by atoms with Gasteiger partial charge in [0.1, 0.15) is 0 Å². The fraction of sp³-hybridized carbons (Fsp3) is 0.917. The summed E-state index contributed by atoms with van der Waals surface area (Å²) in [5, 5.41) is 0.359. The van der Waals surface area contributed by atoms with E-state index in [-0.39, 0.29) is 0 Å². The van der Waals surface area contributed by atoms with Gasteiger partial charge in [-0.15, -0.1) is 0 Å². The van der Waals surface area contributed by atoms with Gasteiger partial charge in [0.25, 0.3) is 0 Å². The van der Waals surface area contributed by atoms with Gasteiger partial charge in [-0.05, 0) is 44.0 Å². The van der Waals surface area contributed by atoms with Gasteiger partial charge >= 0.3 is 0 Å². The van der Waals surface area contributed by atoms with Crippen LogP contribution in [0.15, 0.2) is 0 Å². The van der Waals surface area contributed by atoms with Crippen LogP contribution in [0.3, 0.4) is 0 Å². The highest BCUT2D eigenvalue weighted by molar-refractivity contribution is 8.13. The molecular formula is C12H23NOS. The number of nitrogens with zero attached hydrogens (tertiary/aromatic N) is 1. The van der Waals surface area contributed by atoms with Gasteiger partial charge in [0, 0.05) is 13.0 Å². The minimum Gasteiger partial charge on any atom is -0.303 e. The third kappa shape index (κ3) is 5.03. The third-order valence-corrected chi connectivity index (χ3v) is 3.64. The van der Waals surface area contributed by atoms with E-state index in [1.54, 1.807) is 0 Å². The van der Waals surface area contributed by atoms with Crippen molar-refractivity contribution < 1.29 is 4.79 Å². The molecule has 2 nitrogen and oxygen atoms in total. The van der Waals surface area contributed by atoms with Crippen LogP contribution in [0.1, 0.15) is 33.1 Å². The molecule has 1 heterocycles. The molecule has 1 aliphatic rings. The average molecular weight is 229 g/mol. The molecule has 1 aliphatic heterocycles. The van der Waals surface area contributed by atoms with Gasteiger partial charge < -0.3 is 4.90 Å². The Labute approximate surface area is 97.8 Å². The van der Waals surface area contributed by atoms with E-state index in [9.17, 15) is 4.79 Å². The Balaban J connectivity index is 2.20. The van der Waals surface area contributed by atoms with Crippen molar-refractivity contribution in [2.45, 2.75) is 33.1 Å². The zero-order valence-corrected chi connectivity index (χ0v) is 11.0. The SMILES string of the molecule is CSC(=O)CC1CCN(CC(C)C)CC1. The molecule has 0 atom stereocenters. The summed E-state index contributed by atoms with van der Waals surface area (Å²) in [7, 11) is 0. The Morgan fingerprint density at radius 3 is 2.47 bits per heavy atom. The molecule has 0 aromatic carbocycles. The van der Waals surface area contributed by atoms with Gasteiger partial charge in [0.15, 0.2) is 5.12 Å². The van der Waals surface area contributed by atoms with Gasteiger partial charge in [-0.1, -0.05) is 25.6 Å². The Morgan fingerprint density at radius 2 is 2.00 bits per heavy atom. The summed E-state index contributed by atoms with van der Waals surface area (Å²) >= 11 is 1.38. The van der Waals surface area contributed by atoms with E-state index < -0.39 is 0 Å². The summed E-state index contributed by atoms with van der Waals surface area (Å²) in [5.41, 5.74) is 0. The lowest BCUT2D eigenvalue weighted by Crippen LogP contribution is -2.36. The Hall–Kier alpha value is -0.0200. The summed E-state index contributed by atoms with van der Waals surface area (Å²) in [5.74, 6) is 1.41. The number of thioether (sulfide) groups is 1. The van der Waals surface area contributed by atoms with Crippen LogP contribution in [0.2, 0.25) is 0 Å². The summed E-state index contributed by atoms with van der Waals surface area (Å²) in [4.78, 5) is 13.8. The fourth-order valence-electron chi connectivity index (χ4n) is 2.21. The van der Waals surface area contributed by atoms with Crippen molar-refractivity contribution in [1.82, 2.24) is 4.90 Å². The first kappa shape index (κ1) is 13.0. The second-order valence-corrected chi connectivity index (χ2v) is 5.78. The lowest BCUT2D eigenvalue weighted by Gasteiger charge is -2.32. The molecule has 0 bridgehead atoms. The van der Waals surface area contributed by atoms with E-state index in [0.29, 0.717) is 11.0 Å². The molecule has 1 saturated heterocycles. The van der Waals surface area contributed by atoms with Crippen LogP contribution in [0.4, 0.5) is 0 Å². The number of hydrogen-bond donors (Lipinski definition) is 0. The van der Waals surface area contributed by atoms with Gasteiger partial charge in [-0.3, -0.25) is 4.79 Å². The highest BCUT2D eigenvalue weighted by atomic mass is 32.2. The predicted molar refractivity (Wildman–Crippen MR) is 67.1 cm³/mol.